The maximum atomic E-state index is 13.9. The highest BCUT2D eigenvalue weighted by atomic mass is 32.2. The Morgan fingerprint density at radius 1 is 0.878 bits per heavy atom. The smallest absolute Gasteiger partial charge is 0.262 e. The largest absolute Gasteiger partial charge is 0.352 e. The van der Waals surface area contributed by atoms with Crippen LogP contribution in [0.1, 0.15) is 36.8 Å². The van der Waals surface area contributed by atoms with Gasteiger partial charge in [-0.15, -0.1) is 0 Å². The monoisotopic (exact) mass is 572 g/mol. The van der Waals surface area contributed by atoms with E-state index in [1.54, 1.807) is 34.9 Å². The van der Waals surface area contributed by atoms with E-state index in [1.165, 1.54) is 17.8 Å². The number of fused-ring (bicyclic) bond motifs is 1. The Hall–Kier alpha value is -3.98. The molecule has 1 aliphatic rings. The minimum atomic E-state index is -0.367. The predicted molar refractivity (Wildman–Crippen MR) is 159 cm³/mol. The van der Waals surface area contributed by atoms with Crippen LogP contribution in [0.2, 0.25) is 0 Å². The number of para-hydroxylation sites is 1. The minimum absolute atomic E-state index is 0.0339. The molecule has 0 bridgehead atoms. The average molecular weight is 573 g/mol. The molecular weight excluding hydrogens is 539 g/mol. The number of thioether (sulfide) groups is 1. The molecule has 2 N–H and O–H groups in total. The summed E-state index contributed by atoms with van der Waals surface area (Å²) in [6.07, 6.45) is 3.19. The van der Waals surface area contributed by atoms with Gasteiger partial charge in [-0.05, 0) is 55.4 Å². The summed E-state index contributed by atoms with van der Waals surface area (Å²) in [5.74, 6) is -0.317. The molecule has 4 aromatic rings. The van der Waals surface area contributed by atoms with E-state index in [1.807, 2.05) is 42.5 Å². The Bertz CT molecular complexity index is 1570. The van der Waals surface area contributed by atoms with Gasteiger partial charge in [0.1, 0.15) is 5.82 Å². The molecule has 1 heterocycles. The first-order valence-electron chi connectivity index (χ1n) is 13.9. The number of benzene rings is 3. The lowest BCUT2D eigenvalue weighted by atomic mass is 9.81. The Morgan fingerprint density at radius 2 is 1.59 bits per heavy atom. The molecule has 0 unspecified atom stereocenters. The Kier molecular flexibility index (Phi) is 9.46. The first kappa shape index (κ1) is 28.5. The van der Waals surface area contributed by atoms with Gasteiger partial charge in [-0.25, -0.2) is 9.37 Å². The zero-order valence-electron chi connectivity index (χ0n) is 22.7. The van der Waals surface area contributed by atoms with Crippen LogP contribution in [-0.4, -0.2) is 27.1 Å². The summed E-state index contributed by atoms with van der Waals surface area (Å²) in [5, 5.41) is 6.82. The maximum Gasteiger partial charge on any atom is 0.262 e. The van der Waals surface area contributed by atoms with Gasteiger partial charge in [0, 0.05) is 31.1 Å². The topological polar surface area (TPSA) is 93.1 Å². The normalized spacial score (nSPS) is 16.8. The highest BCUT2D eigenvalue weighted by Crippen LogP contribution is 2.31. The van der Waals surface area contributed by atoms with Gasteiger partial charge in [0.05, 0.1) is 16.7 Å². The second kappa shape index (κ2) is 13.6. The second-order valence-corrected chi connectivity index (χ2v) is 11.3. The van der Waals surface area contributed by atoms with Gasteiger partial charge in [0.25, 0.3) is 5.56 Å². The fraction of sp³-hybridized carbons (Fsp3) is 0.312. The van der Waals surface area contributed by atoms with Crippen LogP contribution < -0.4 is 16.2 Å². The van der Waals surface area contributed by atoms with Crippen molar-refractivity contribution in [3.8, 4) is 0 Å². The van der Waals surface area contributed by atoms with E-state index >= 15 is 0 Å². The van der Waals surface area contributed by atoms with Crippen LogP contribution >= 0.6 is 11.8 Å². The molecule has 5 rings (SSSR count). The first-order valence-corrected chi connectivity index (χ1v) is 14.9. The van der Waals surface area contributed by atoms with Crippen molar-refractivity contribution in [2.75, 3.05) is 5.75 Å². The Labute approximate surface area is 242 Å². The zero-order chi connectivity index (χ0) is 28.6. The lowest BCUT2D eigenvalue weighted by Gasteiger charge is -2.28. The number of nitrogens with zero attached hydrogens (tertiary/aromatic N) is 2. The van der Waals surface area contributed by atoms with E-state index in [9.17, 15) is 18.8 Å². The van der Waals surface area contributed by atoms with E-state index in [0.29, 0.717) is 34.7 Å². The van der Waals surface area contributed by atoms with Crippen molar-refractivity contribution in [2.45, 2.75) is 50.5 Å². The molecule has 212 valence electrons. The summed E-state index contributed by atoms with van der Waals surface area (Å²) in [6, 6.07) is 23.4. The Morgan fingerprint density at radius 3 is 2.37 bits per heavy atom. The van der Waals surface area contributed by atoms with Gasteiger partial charge >= 0.3 is 0 Å². The third-order valence-corrected chi connectivity index (χ3v) is 8.54. The molecule has 0 spiro atoms. The summed E-state index contributed by atoms with van der Waals surface area (Å²) >= 11 is 1.20. The number of nitrogens with one attached hydrogen (secondary N) is 2. The number of halogens is 1. The molecule has 0 radical (unpaired) electrons. The molecule has 41 heavy (non-hydrogen) atoms. The van der Waals surface area contributed by atoms with Crippen molar-refractivity contribution < 1.29 is 14.0 Å². The summed E-state index contributed by atoms with van der Waals surface area (Å²) in [6.45, 7) is 1.09. The van der Waals surface area contributed by atoms with Crippen molar-refractivity contribution >= 4 is 34.5 Å². The van der Waals surface area contributed by atoms with Gasteiger partial charge in [0.15, 0.2) is 5.16 Å². The second-order valence-electron chi connectivity index (χ2n) is 10.4. The molecule has 9 heteroatoms. The van der Waals surface area contributed by atoms with E-state index in [-0.39, 0.29) is 47.3 Å². The number of carbonyl (C=O) groups is 2. The SMILES string of the molecule is O=C(CSc1nc2ccccc2c(=O)n1CC1CCC(C(=O)NCc2ccccc2)CC1)NCc1ccccc1F. The van der Waals surface area contributed by atoms with E-state index in [4.69, 9.17) is 4.98 Å². The molecule has 1 fully saturated rings. The van der Waals surface area contributed by atoms with Crippen LogP contribution in [0.4, 0.5) is 4.39 Å². The third-order valence-electron chi connectivity index (χ3n) is 7.56. The van der Waals surface area contributed by atoms with Crippen LogP contribution in [0.25, 0.3) is 10.9 Å². The molecule has 1 aromatic heterocycles. The summed E-state index contributed by atoms with van der Waals surface area (Å²) in [5.41, 5.74) is 1.94. The molecule has 7 nitrogen and oxygen atoms in total. The van der Waals surface area contributed by atoms with Gasteiger partial charge in [-0.3, -0.25) is 19.0 Å². The van der Waals surface area contributed by atoms with Crippen molar-refractivity contribution in [3.05, 3.63) is 106 Å². The van der Waals surface area contributed by atoms with Crippen molar-refractivity contribution in [3.63, 3.8) is 0 Å². The predicted octanol–water partition coefficient (Wildman–Crippen LogP) is 5.07. The van der Waals surface area contributed by atoms with Crippen LogP contribution in [0.15, 0.2) is 88.8 Å². The molecule has 1 aliphatic carbocycles. The van der Waals surface area contributed by atoms with Gasteiger partial charge in [0.2, 0.25) is 11.8 Å². The minimum Gasteiger partial charge on any atom is -0.352 e. The highest BCUT2D eigenvalue weighted by molar-refractivity contribution is 7.99. The van der Waals surface area contributed by atoms with E-state index in [2.05, 4.69) is 10.6 Å². The number of carbonyl (C=O) groups excluding carboxylic acids is 2. The number of rotatable bonds is 10. The fourth-order valence-electron chi connectivity index (χ4n) is 5.23. The van der Waals surface area contributed by atoms with Crippen molar-refractivity contribution in [2.24, 2.45) is 11.8 Å². The van der Waals surface area contributed by atoms with Crippen LogP contribution in [0.3, 0.4) is 0 Å². The van der Waals surface area contributed by atoms with E-state index < -0.39 is 0 Å². The number of aromatic nitrogens is 2. The number of amides is 2. The average Bonchev–Trinajstić information content (AvgIpc) is 3.01. The fourth-order valence-corrected chi connectivity index (χ4v) is 6.07. The van der Waals surface area contributed by atoms with Crippen molar-refractivity contribution in [1.82, 2.24) is 20.2 Å². The molecule has 2 amide bonds. The number of hydrogen-bond acceptors (Lipinski definition) is 5. The van der Waals surface area contributed by atoms with Gasteiger partial charge in [-0.1, -0.05) is 72.4 Å². The summed E-state index contributed by atoms with van der Waals surface area (Å²) in [7, 11) is 0. The molecular formula is C32H33FN4O3S. The van der Waals surface area contributed by atoms with Gasteiger partial charge < -0.3 is 10.6 Å². The van der Waals surface area contributed by atoms with E-state index in [0.717, 1.165) is 31.2 Å². The van der Waals surface area contributed by atoms with Crippen LogP contribution in [0, 0.1) is 17.7 Å². The highest BCUT2D eigenvalue weighted by Gasteiger charge is 2.27. The van der Waals surface area contributed by atoms with Crippen molar-refractivity contribution in [1.29, 1.82) is 0 Å². The molecule has 0 aliphatic heterocycles. The molecule has 1 saturated carbocycles. The lowest BCUT2D eigenvalue weighted by molar-refractivity contribution is -0.126. The quantitative estimate of drug-likeness (QED) is 0.205. The lowest BCUT2D eigenvalue weighted by Crippen LogP contribution is -2.34. The maximum absolute atomic E-state index is 13.9. The van der Waals surface area contributed by atoms with Gasteiger partial charge in [-0.2, -0.15) is 0 Å². The summed E-state index contributed by atoms with van der Waals surface area (Å²) in [4.78, 5) is 43.6. The van der Waals surface area contributed by atoms with Crippen LogP contribution in [0.5, 0.6) is 0 Å². The molecule has 3 aromatic carbocycles. The standard InChI is InChI=1S/C32H33FN4O3S/c33-27-12-6-4-10-25(27)19-34-29(38)21-41-32-36-28-13-7-5-11-26(28)31(40)37(32)20-23-14-16-24(17-15-23)30(39)35-18-22-8-2-1-3-9-22/h1-13,23-24H,14-21H2,(H,34,38)(H,35,39). The Balaban J connectivity index is 1.21. The third kappa shape index (κ3) is 7.41. The molecule has 0 saturated heterocycles. The first-order chi connectivity index (χ1) is 20.0. The molecule has 0 atom stereocenters. The number of hydrogen-bond donors (Lipinski definition) is 2. The van der Waals surface area contributed by atoms with Crippen LogP contribution in [-0.2, 0) is 29.2 Å². The summed E-state index contributed by atoms with van der Waals surface area (Å²) < 4.78 is 15.6. The zero-order valence-corrected chi connectivity index (χ0v) is 23.5.